The van der Waals surface area contributed by atoms with E-state index in [1.54, 1.807) is 12.1 Å². The Morgan fingerprint density at radius 3 is 2.64 bits per heavy atom. The number of hydrogen-bond donors (Lipinski definition) is 2. The summed E-state index contributed by atoms with van der Waals surface area (Å²) in [5, 5.41) is 21.1. The predicted octanol–water partition coefficient (Wildman–Crippen LogP) is 2.49. The van der Waals surface area contributed by atoms with Gasteiger partial charge in [-0.1, -0.05) is 43.6 Å². The molecule has 0 spiro atoms. The van der Waals surface area contributed by atoms with E-state index in [0.29, 0.717) is 36.6 Å². The molecule has 1 unspecified atom stereocenters. The second-order valence-electron chi connectivity index (χ2n) is 5.93. The lowest BCUT2D eigenvalue weighted by Crippen LogP contribution is -2.35. The Hall–Kier alpha value is -1.89. The number of rotatable bonds is 10. The number of aromatic nitrogens is 2. The molecule has 0 aliphatic rings. The minimum Gasteiger partial charge on any atom is -0.491 e. The summed E-state index contributed by atoms with van der Waals surface area (Å²) in [4.78, 5) is 0. The minimum atomic E-state index is -0.559. The lowest BCUT2D eigenvalue weighted by molar-refractivity contribution is 0.104. The maximum Gasteiger partial charge on any atom is 0.233 e. The molecule has 25 heavy (non-hydrogen) atoms. The molecule has 7 heteroatoms. The second-order valence-corrected chi connectivity index (χ2v) is 6.32. The van der Waals surface area contributed by atoms with Crippen LogP contribution in [0.1, 0.15) is 19.4 Å². The average Bonchev–Trinajstić information content (AvgIpc) is 2.61. The van der Waals surface area contributed by atoms with Gasteiger partial charge in [-0.25, -0.2) is 0 Å². The highest BCUT2D eigenvalue weighted by atomic mass is 35.5. The molecule has 0 aliphatic heterocycles. The molecule has 2 rings (SSSR count). The normalized spacial score (nSPS) is 12.2. The van der Waals surface area contributed by atoms with Gasteiger partial charge in [0.25, 0.3) is 0 Å². The molecular weight excluding hydrogens is 342 g/mol. The molecule has 2 N–H and O–H groups in total. The first kappa shape index (κ1) is 19.4. The number of ether oxygens (including phenoxy) is 2. The molecule has 0 fully saturated rings. The Morgan fingerprint density at radius 2 is 1.92 bits per heavy atom. The molecule has 0 radical (unpaired) electrons. The highest BCUT2D eigenvalue weighted by molar-refractivity contribution is 6.29. The van der Waals surface area contributed by atoms with E-state index in [1.165, 1.54) is 0 Å². The topological polar surface area (TPSA) is 76.5 Å². The van der Waals surface area contributed by atoms with Crippen LogP contribution < -0.4 is 14.8 Å². The summed E-state index contributed by atoms with van der Waals surface area (Å²) in [6.45, 7) is 5.24. The molecule has 1 heterocycles. The first-order valence-corrected chi connectivity index (χ1v) is 8.66. The fourth-order valence-corrected chi connectivity index (χ4v) is 2.21. The van der Waals surface area contributed by atoms with Crippen LogP contribution in [0.15, 0.2) is 36.4 Å². The predicted molar refractivity (Wildman–Crippen MR) is 97.3 cm³/mol. The van der Waals surface area contributed by atoms with Crippen LogP contribution in [-0.2, 0) is 6.42 Å². The van der Waals surface area contributed by atoms with E-state index >= 15 is 0 Å². The minimum absolute atomic E-state index is 0.236. The maximum absolute atomic E-state index is 9.96. The van der Waals surface area contributed by atoms with Gasteiger partial charge in [-0.3, -0.25) is 0 Å². The standard InChI is InChI=1S/C18H24ClN3O3/c1-13(2)20-11-15(23)12-25-16-6-4-3-5-14(16)9-10-24-18-8-7-17(19)21-22-18/h3-8,13,15,20,23H,9-12H2,1-2H3. The number of benzene rings is 1. The Labute approximate surface area is 153 Å². The van der Waals surface area contributed by atoms with Gasteiger partial charge in [0.2, 0.25) is 5.88 Å². The first-order chi connectivity index (χ1) is 12.0. The van der Waals surface area contributed by atoms with Gasteiger partial charge < -0.3 is 19.9 Å². The summed E-state index contributed by atoms with van der Waals surface area (Å²) < 4.78 is 11.3. The zero-order chi connectivity index (χ0) is 18.1. The van der Waals surface area contributed by atoms with Crippen LogP contribution in [0.3, 0.4) is 0 Å². The number of hydrogen-bond acceptors (Lipinski definition) is 6. The lowest BCUT2D eigenvalue weighted by Gasteiger charge is -2.16. The van der Waals surface area contributed by atoms with Crippen molar-refractivity contribution in [3.05, 3.63) is 47.1 Å². The van der Waals surface area contributed by atoms with Gasteiger partial charge in [0.05, 0.1) is 6.61 Å². The fraction of sp³-hybridized carbons (Fsp3) is 0.444. The van der Waals surface area contributed by atoms with E-state index in [9.17, 15) is 5.11 Å². The van der Waals surface area contributed by atoms with Crippen molar-refractivity contribution >= 4 is 11.6 Å². The van der Waals surface area contributed by atoms with E-state index < -0.39 is 6.10 Å². The van der Waals surface area contributed by atoms with Crippen LogP contribution >= 0.6 is 11.6 Å². The molecule has 1 aromatic carbocycles. The maximum atomic E-state index is 9.96. The van der Waals surface area contributed by atoms with Crippen LogP contribution in [0.5, 0.6) is 11.6 Å². The number of nitrogens with zero attached hydrogens (tertiary/aromatic N) is 2. The van der Waals surface area contributed by atoms with Crippen molar-refractivity contribution < 1.29 is 14.6 Å². The van der Waals surface area contributed by atoms with Crippen LogP contribution in [0.2, 0.25) is 5.15 Å². The largest absolute Gasteiger partial charge is 0.491 e. The number of nitrogens with one attached hydrogen (secondary N) is 1. The average molecular weight is 366 g/mol. The molecule has 2 aromatic rings. The Morgan fingerprint density at radius 1 is 1.12 bits per heavy atom. The number of aliphatic hydroxyl groups excluding tert-OH is 1. The highest BCUT2D eigenvalue weighted by Crippen LogP contribution is 2.19. The zero-order valence-electron chi connectivity index (χ0n) is 14.5. The third-order valence-corrected chi connectivity index (χ3v) is 3.60. The summed E-state index contributed by atoms with van der Waals surface area (Å²) >= 11 is 5.69. The SMILES string of the molecule is CC(C)NCC(O)COc1ccccc1CCOc1ccc(Cl)nn1. The monoisotopic (exact) mass is 365 g/mol. The zero-order valence-corrected chi connectivity index (χ0v) is 15.2. The van der Waals surface area contributed by atoms with Gasteiger partial charge in [-0.05, 0) is 17.7 Å². The molecule has 1 aromatic heterocycles. The van der Waals surface area contributed by atoms with Crippen LogP contribution in [0.25, 0.3) is 0 Å². The molecule has 1 atom stereocenters. The van der Waals surface area contributed by atoms with E-state index in [1.807, 2.05) is 38.1 Å². The Kier molecular flexibility index (Phi) is 7.91. The molecule has 0 saturated carbocycles. The first-order valence-electron chi connectivity index (χ1n) is 8.29. The van der Waals surface area contributed by atoms with Crippen molar-refractivity contribution in [3.63, 3.8) is 0 Å². The third kappa shape index (κ3) is 7.25. The summed E-state index contributed by atoms with van der Waals surface area (Å²) in [6, 6.07) is 11.4. The van der Waals surface area contributed by atoms with Crippen LogP contribution in [-0.4, -0.2) is 47.2 Å². The van der Waals surface area contributed by atoms with Gasteiger partial charge >= 0.3 is 0 Å². The molecule has 0 saturated heterocycles. The second kappa shape index (κ2) is 10.2. The molecule has 0 aliphatic carbocycles. The number of para-hydroxylation sites is 1. The summed E-state index contributed by atoms with van der Waals surface area (Å²) in [6.07, 6.45) is 0.0944. The molecular formula is C18H24ClN3O3. The van der Waals surface area contributed by atoms with Gasteiger partial charge in [-0.2, -0.15) is 0 Å². The molecule has 0 amide bonds. The van der Waals surface area contributed by atoms with Gasteiger partial charge in [0, 0.05) is 25.1 Å². The fourth-order valence-electron chi connectivity index (χ4n) is 2.11. The molecule has 6 nitrogen and oxygen atoms in total. The number of halogens is 1. The third-order valence-electron chi connectivity index (χ3n) is 3.39. The van der Waals surface area contributed by atoms with Crippen molar-refractivity contribution in [2.75, 3.05) is 19.8 Å². The van der Waals surface area contributed by atoms with Gasteiger partial charge in [0.1, 0.15) is 18.5 Å². The van der Waals surface area contributed by atoms with Gasteiger partial charge in [-0.15, -0.1) is 10.2 Å². The molecule has 136 valence electrons. The van der Waals surface area contributed by atoms with E-state index in [2.05, 4.69) is 15.5 Å². The van der Waals surface area contributed by atoms with E-state index in [4.69, 9.17) is 21.1 Å². The van der Waals surface area contributed by atoms with Crippen molar-refractivity contribution in [2.24, 2.45) is 0 Å². The van der Waals surface area contributed by atoms with Crippen molar-refractivity contribution in [1.82, 2.24) is 15.5 Å². The smallest absolute Gasteiger partial charge is 0.233 e. The quantitative estimate of drug-likeness (QED) is 0.673. The van der Waals surface area contributed by atoms with E-state index in [0.717, 1.165) is 11.3 Å². The van der Waals surface area contributed by atoms with Crippen LogP contribution in [0.4, 0.5) is 0 Å². The Balaban J connectivity index is 1.82. The van der Waals surface area contributed by atoms with Crippen molar-refractivity contribution in [2.45, 2.75) is 32.4 Å². The molecule has 0 bridgehead atoms. The summed E-state index contributed by atoms with van der Waals surface area (Å²) in [5.41, 5.74) is 1.01. The van der Waals surface area contributed by atoms with E-state index in [-0.39, 0.29) is 6.61 Å². The summed E-state index contributed by atoms with van der Waals surface area (Å²) in [5.74, 6) is 1.18. The van der Waals surface area contributed by atoms with Crippen LogP contribution in [0, 0.1) is 0 Å². The highest BCUT2D eigenvalue weighted by Gasteiger charge is 2.09. The van der Waals surface area contributed by atoms with Crippen molar-refractivity contribution in [3.8, 4) is 11.6 Å². The van der Waals surface area contributed by atoms with Crippen molar-refractivity contribution in [1.29, 1.82) is 0 Å². The van der Waals surface area contributed by atoms with Gasteiger partial charge in [0.15, 0.2) is 5.15 Å². The lowest BCUT2D eigenvalue weighted by atomic mass is 10.1. The summed E-state index contributed by atoms with van der Waals surface area (Å²) in [7, 11) is 0. The number of aliphatic hydroxyl groups is 1. The Bertz CT molecular complexity index is 638.